The number of aliphatic carboxylic acids is 2. The SMILES string of the molecule is O=C(O)C(F)(F)F.O=C(O)C(F)(F)F.c1cncc(NCC2CCC3C2OCCN3c2cccnc2)c1. The summed E-state index contributed by atoms with van der Waals surface area (Å²) in [5.74, 6) is -4.97. The molecule has 2 fully saturated rings. The van der Waals surface area contributed by atoms with Crippen LogP contribution in [0.15, 0.2) is 49.1 Å². The number of morpholine rings is 1. The van der Waals surface area contributed by atoms with Gasteiger partial charge in [-0.25, -0.2) is 9.59 Å². The lowest BCUT2D eigenvalue weighted by Gasteiger charge is -2.40. The van der Waals surface area contributed by atoms with Gasteiger partial charge in [-0.1, -0.05) is 0 Å². The number of nitrogens with zero attached hydrogens (tertiary/aromatic N) is 3. The molecule has 1 aliphatic carbocycles. The van der Waals surface area contributed by atoms with E-state index in [1.165, 1.54) is 18.5 Å². The Kier molecular flexibility index (Phi) is 10.5. The number of nitrogens with one attached hydrogen (secondary N) is 1. The maximum atomic E-state index is 10.6. The molecule has 204 valence electrons. The Morgan fingerprint density at radius 3 is 2.03 bits per heavy atom. The zero-order chi connectivity index (χ0) is 27.6. The Hall–Kier alpha value is -3.62. The van der Waals surface area contributed by atoms with Crippen molar-refractivity contribution >= 4 is 23.3 Å². The monoisotopic (exact) mass is 538 g/mol. The number of halogens is 6. The van der Waals surface area contributed by atoms with Crippen molar-refractivity contribution in [2.75, 3.05) is 29.9 Å². The van der Waals surface area contributed by atoms with Gasteiger partial charge in [-0.2, -0.15) is 26.3 Å². The summed E-state index contributed by atoms with van der Waals surface area (Å²) in [5, 5.41) is 17.8. The third kappa shape index (κ3) is 9.40. The van der Waals surface area contributed by atoms with Gasteiger partial charge in [0.2, 0.25) is 0 Å². The largest absolute Gasteiger partial charge is 0.490 e. The molecular weight excluding hydrogens is 514 g/mol. The number of fused-ring (bicyclic) bond motifs is 1. The molecule has 4 rings (SSSR count). The average molecular weight is 538 g/mol. The van der Waals surface area contributed by atoms with E-state index >= 15 is 0 Å². The minimum atomic E-state index is -5.08. The van der Waals surface area contributed by atoms with Gasteiger partial charge >= 0.3 is 24.3 Å². The second-order valence-corrected chi connectivity index (χ2v) is 7.87. The quantitative estimate of drug-likeness (QED) is 0.498. The first-order valence-corrected chi connectivity index (χ1v) is 10.8. The van der Waals surface area contributed by atoms with Crippen molar-refractivity contribution in [1.29, 1.82) is 0 Å². The van der Waals surface area contributed by atoms with Crippen molar-refractivity contribution in [2.45, 2.75) is 37.3 Å². The molecule has 3 N–H and O–H groups in total. The smallest absolute Gasteiger partial charge is 0.475 e. The summed E-state index contributed by atoms with van der Waals surface area (Å²) in [7, 11) is 0. The number of anilines is 2. The molecule has 2 aliphatic rings. The highest BCUT2D eigenvalue weighted by atomic mass is 19.4. The lowest BCUT2D eigenvalue weighted by Crippen LogP contribution is -2.51. The molecule has 1 saturated carbocycles. The lowest BCUT2D eigenvalue weighted by atomic mass is 10.0. The summed E-state index contributed by atoms with van der Waals surface area (Å²) in [6.45, 7) is 2.68. The minimum Gasteiger partial charge on any atom is -0.475 e. The van der Waals surface area contributed by atoms with Crippen LogP contribution in [0.4, 0.5) is 37.7 Å². The molecule has 1 saturated heterocycles. The third-order valence-electron chi connectivity index (χ3n) is 5.41. The Labute approximate surface area is 207 Å². The van der Waals surface area contributed by atoms with Gasteiger partial charge in [0.1, 0.15) is 0 Å². The number of rotatable bonds is 4. The maximum Gasteiger partial charge on any atom is 0.490 e. The summed E-state index contributed by atoms with van der Waals surface area (Å²) in [4.78, 5) is 28.7. The van der Waals surface area contributed by atoms with Crippen LogP contribution in [0, 0.1) is 5.92 Å². The first-order chi connectivity index (χ1) is 17.3. The summed E-state index contributed by atoms with van der Waals surface area (Å²) in [6, 6.07) is 8.64. The normalized spacial score (nSPS) is 20.9. The number of ether oxygens (including phenoxy) is 1. The van der Waals surface area contributed by atoms with Gasteiger partial charge in [0, 0.05) is 37.6 Å². The Morgan fingerprint density at radius 1 is 0.973 bits per heavy atom. The van der Waals surface area contributed by atoms with Crippen LogP contribution in [0.25, 0.3) is 0 Å². The molecule has 2 aromatic rings. The predicted octanol–water partition coefficient (Wildman–Crippen LogP) is 3.84. The Morgan fingerprint density at radius 2 is 1.54 bits per heavy atom. The van der Waals surface area contributed by atoms with Gasteiger partial charge in [-0.15, -0.1) is 0 Å². The van der Waals surface area contributed by atoms with E-state index in [1.54, 1.807) is 6.20 Å². The van der Waals surface area contributed by atoms with Crippen LogP contribution in [0.2, 0.25) is 0 Å². The zero-order valence-electron chi connectivity index (χ0n) is 19.1. The van der Waals surface area contributed by atoms with Crippen LogP contribution < -0.4 is 10.2 Å². The standard InChI is InChI=1S/C18H22N4O.2C2HF3O2/c1-3-15(12-19-7-1)21-11-14-5-6-17-18(14)23-10-9-22(17)16-4-2-8-20-13-16;2*3-2(4,5)1(6)7/h1-4,7-8,12-14,17-18,21H,5-6,9-11H2;2*(H,6,7). The molecular formula is C22H24F6N4O5. The van der Waals surface area contributed by atoms with Crippen LogP contribution in [0.1, 0.15) is 12.8 Å². The number of aromatic nitrogens is 2. The molecule has 0 spiro atoms. The van der Waals surface area contributed by atoms with E-state index in [9.17, 15) is 26.3 Å². The van der Waals surface area contributed by atoms with E-state index in [4.69, 9.17) is 24.5 Å². The molecule has 1 aliphatic heterocycles. The second kappa shape index (κ2) is 13.1. The molecule has 3 atom stereocenters. The van der Waals surface area contributed by atoms with Crippen LogP contribution in [0.3, 0.4) is 0 Å². The van der Waals surface area contributed by atoms with E-state index in [1.807, 2.05) is 30.7 Å². The molecule has 9 nitrogen and oxygen atoms in total. The predicted molar refractivity (Wildman–Crippen MR) is 118 cm³/mol. The highest BCUT2D eigenvalue weighted by Gasteiger charge is 2.42. The molecule has 2 aromatic heterocycles. The van der Waals surface area contributed by atoms with Crippen LogP contribution in [-0.2, 0) is 14.3 Å². The molecule has 37 heavy (non-hydrogen) atoms. The van der Waals surface area contributed by atoms with Gasteiger partial charge in [-0.05, 0) is 37.1 Å². The molecule has 3 unspecified atom stereocenters. The molecule has 0 aromatic carbocycles. The summed E-state index contributed by atoms with van der Waals surface area (Å²) in [5.41, 5.74) is 2.29. The number of hydrogen-bond acceptors (Lipinski definition) is 7. The fourth-order valence-corrected chi connectivity index (χ4v) is 3.84. The van der Waals surface area contributed by atoms with Gasteiger partial charge < -0.3 is 25.2 Å². The average Bonchev–Trinajstić information content (AvgIpc) is 3.27. The zero-order valence-corrected chi connectivity index (χ0v) is 19.1. The Bertz CT molecular complexity index is 971. The van der Waals surface area contributed by atoms with E-state index in [0.29, 0.717) is 18.1 Å². The summed E-state index contributed by atoms with van der Waals surface area (Å²) >= 11 is 0. The van der Waals surface area contributed by atoms with Gasteiger partial charge in [0.15, 0.2) is 0 Å². The van der Waals surface area contributed by atoms with Crippen molar-refractivity contribution in [1.82, 2.24) is 9.97 Å². The van der Waals surface area contributed by atoms with E-state index in [-0.39, 0.29) is 0 Å². The van der Waals surface area contributed by atoms with Crippen LogP contribution >= 0.6 is 0 Å². The van der Waals surface area contributed by atoms with Gasteiger partial charge in [0.05, 0.1) is 36.3 Å². The van der Waals surface area contributed by atoms with Crippen molar-refractivity contribution in [3.05, 3.63) is 49.1 Å². The molecule has 0 amide bonds. The van der Waals surface area contributed by atoms with E-state index in [0.717, 1.165) is 25.4 Å². The van der Waals surface area contributed by atoms with Crippen LogP contribution in [-0.4, -0.2) is 76.3 Å². The number of hydrogen-bond donors (Lipinski definition) is 3. The fourth-order valence-electron chi connectivity index (χ4n) is 3.84. The van der Waals surface area contributed by atoms with Crippen molar-refractivity contribution in [2.24, 2.45) is 5.92 Å². The number of carboxylic acids is 2. The molecule has 3 heterocycles. The topological polar surface area (TPSA) is 125 Å². The highest BCUT2D eigenvalue weighted by molar-refractivity contribution is 5.73. The molecule has 0 radical (unpaired) electrons. The Balaban J connectivity index is 0.000000286. The van der Waals surface area contributed by atoms with Crippen molar-refractivity contribution in [3.63, 3.8) is 0 Å². The lowest BCUT2D eigenvalue weighted by molar-refractivity contribution is -0.193. The second-order valence-electron chi connectivity index (χ2n) is 7.87. The van der Waals surface area contributed by atoms with E-state index in [2.05, 4.69) is 32.3 Å². The maximum absolute atomic E-state index is 10.6. The number of alkyl halides is 6. The number of pyridine rings is 2. The van der Waals surface area contributed by atoms with Crippen LogP contribution in [0.5, 0.6) is 0 Å². The first-order valence-electron chi connectivity index (χ1n) is 10.8. The summed E-state index contributed by atoms with van der Waals surface area (Å²) < 4.78 is 69.6. The van der Waals surface area contributed by atoms with Crippen molar-refractivity contribution < 1.29 is 50.9 Å². The minimum absolute atomic E-state index is 0.299. The summed E-state index contributed by atoms with van der Waals surface area (Å²) in [6.07, 6.45) is -0.0327. The fraction of sp³-hybridized carbons (Fsp3) is 0.455. The number of carboxylic acid groups (broad SMARTS) is 2. The number of carbonyl (C=O) groups is 2. The molecule has 0 bridgehead atoms. The highest BCUT2D eigenvalue weighted by Crippen LogP contribution is 2.36. The first kappa shape index (κ1) is 29.6. The van der Waals surface area contributed by atoms with Crippen molar-refractivity contribution in [3.8, 4) is 0 Å². The van der Waals surface area contributed by atoms with E-state index < -0.39 is 24.3 Å². The van der Waals surface area contributed by atoms with Gasteiger partial charge in [0.25, 0.3) is 0 Å². The molecule has 15 heteroatoms. The third-order valence-corrected chi connectivity index (χ3v) is 5.41. The van der Waals surface area contributed by atoms with Gasteiger partial charge in [-0.3, -0.25) is 9.97 Å².